The highest BCUT2D eigenvalue weighted by atomic mass is 31.1. The molecule has 0 aromatic heterocycles. The molecule has 0 fully saturated rings. The fourth-order valence-corrected chi connectivity index (χ4v) is 0.732. The largest absolute Gasteiger partial charge is 0.342 e. The highest BCUT2D eigenvalue weighted by molar-refractivity contribution is 7.53. The maximum atomic E-state index is 10.4. The van der Waals surface area contributed by atoms with Gasteiger partial charge in [0.05, 0.1) is 0 Å². The Morgan fingerprint density at radius 3 is 3.50 bits per heavy atom. The van der Waals surface area contributed by atoms with E-state index in [9.17, 15) is 4.79 Å². The van der Waals surface area contributed by atoms with Crippen LogP contribution in [0.4, 0.5) is 0 Å². The third kappa shape index (κ3) is 1.60. The summed E-state index contributed by atoms with van der Waals surface area (Å²) in [4.78, 5) is 14.8. The van der Waals surface area contributed by atoms with Gasteiger partial charge in [-0.1, -0.05) is 0 Å². The first-order valence-electron chi connectivity index (χ1n) is 2.16. The van der Waals surface area contributed by atoms with Crippen molar-refractivity contribution in [2.24, 2.45) is 0 Å². The molecule has 0 saturated carbocycles. The van der Waals surface area contributed by atoms with Crippen molar-refractivity contribution in [3.63, 3.8) is 0 Å². The number of allylic oxidation sites excluding steroid dienone is 1. The Balaban J connectivity index is 2.41. The standard InChI is InChI=1S/C4H5O3P/c5-4-2-1-3-6-7-8-4/h1,3,8H,2H2. The van der Waals surface area contributed by atoms with Crippen molar-refractivity contribution < 1.29 is 14.4 Å². The first-order valence-corrected chi connectivity index (χ1v) is 3.06. The van der Waals surface area contributed by atoms with E-state index in [0.717, 1.165) is 0 Å². The van der Waals surface area contributed by atoms with E-state index in [1.54, 1.807) is 6.08 Å². The molecular formula is C4H5O3P. The zero-order chi connectivity index (χ0) is 5.82. The predicted octanol–water partition coefficient (Wildman–Crippen LogP) is 0.972. The molecule has 1 atom stereocenters. The average Bonchev–Trinajstić information content (AvgIpc) is 1.94. The summed E-state index contributed by atoms with van der Waals surface area (Å²) in [6, 6.07) is 0. The van der Waals surface area contributed by atoms with Gasteiger partial charge in [-0.15, -0.1) is 0 Å². The van der Waals surface area contributed by atoms with E-state index in [-0.39, 0.29) is 14.3 Å². The first kappa shape index (κ1) is 5.73. The minimum Gasteiger partial charge on any atom is -0.342 e. The number of carbonyl (C=O) groups is 1. The van der Waals surface area contributed by atoms with Gasteiger partial charge in [-0.3, -0.25) is 4.79 Å². The zero-order valence-electron chi connectivity index (χ0n) is 4.09. The highest BCUT2D eigenvalue weighted by Crippen LogP contribution is 2.18. The molecule has 8 heavy (non-hydrogen) atoms. The van der Waals surface area contributed by atoms with E-state index in [2.05, 4.69) is 9.56 Å². The molecule has 0 aromatic rings. The predicted molar refractivity (Wildman–Crippen MR) is 29.2 cm³/mol. The van der Waals surface area contributed by atoms with Crippen LogP contribution in [0.3, 0.4) is 0 Å². The molecule has 1 aliphatic heterocycles. The van der Waals surface area contributed by atoms with E-state index in [1.165, 1.54) is 6.26 Å². The first-order chi connectivity index (χ1) is 3.89. The zero-order valence-corrected chi connectivity index (χ0v) is 5.09. The lowest BCUT2D eigenvalue weighted by Gasteiger charge is -1.90. The van der Waals surface area contributed by atoms with Crippen LogP contribution in [-0.4, -0.2) is 5.52 Å². The summed E-state index contributed by atoms with van der Waals surface area (Å²) in [5.41, 5.74) is 0.0683. The van der Waals surface area contributed by atoms with Crippen LogP contribution >= 0.6 is 8.81 Å². The molecular weight excluding hydrogens is 127 g/mol. The number of carbonyl (C=O) groups excluding carboxylic acids is 1. The van der Waals surface area contributed by atoms with Crippen molar-refractivity contribution >= 4 is 14.3 Å². The molecule has 0 aliphatic carbocycles. The summed E-state index contributed by atoms with van der Waals surface area (Å²) in [5.74, 6) is 0. The van der Waals surface area contributed by atoms with E-state index < -0.39 is 0 Å². The van der Waals surface area contributed by atoms with Gasteiger partial charge in [0.1, 0.15) is 15.1 Å². The second-order valence-electron chi connectivity index (χ2n) is 1.28. The Morgan fingerprint density at radius 2 is 2.62 bits per heavy atom. The number of rotatable bonds is 0. The molecule has 44 valence electrons. The molecule has 1 unspecified atom stereocenters. The van der Waals surface area contributed by atoms with E-state index in [1.807, 2.05) is 0 Å². The van der Waals surface area contributed by atoms with Crippen LogP contribution in [0.1, 0.15) is 6.42 Å². The molecule has 0 aromatic carbocycles. The molecule has 1 aliphatic rings. The molecule has 0 N–H and O–H groups in total. The lowest BCUT2D eigenvalue weighted by Crippen LogP contribution is -1.81. The van der Waals surface area contributed by atoms with Gasteiger partial charge in [-0.2, -0.15) is 4.67 Å². The summed E-state index contributed by atoms with van der Waals surface area (Å²) >= 11 is 0. The molecule has 0 radical (unpaired) electrons. The summed E-state index contributed by atoms with van der Waals surface area (Å²) in [7, 11) is -0.155. The molecule has 1 heterocycles. The van der Waals surface area contributed by atoms with Crippen LogP contribution in [0.15, 0.2) is 12.3 Å². The van der Waals surface area contributed by atoms with Gasteiger partial charge in [-0.25, -0.2) is 0 Å². The summed E-state index contributed by atoms with van der Waals surface area (Å²) in [5, 5.41) is 0. The van der Waals surface area contributed by atoms with Crippen molar-refractivity contribution in [3.05, 3.63) is 12.3 Å². The monoisotopic (exact) mass is 132 g/mol. The van der Waals surface area contributed by atoms with Crippen molar-refractivity contribution in [2.75, 3.05) is 0 Å². The van der Waals surface area contributed by atoms with Crippen molar-refractivity contribution in [1.82, 2.24) is 0 Å². The Labute approximate surface area is 48.5 Å². The Hall–Kier alpha value is -0.400. The summed E-state index contributed by atoms with van der Waals surface area (Å²) < 4.78 is 4.40. The molecule has 0 saturated heterocycles. The van der Waals surface area contributed by atoms with E-state index in [4.69, 9.17) is 0 Å². The van der Waals surface area contributed by atoms with Crippen LogP contribution in [0, 0.1) is 0 Å². The van der Waals surface area contributed by atoms with Crippen LogP contribution in [0.2, 0.25) is 0 Å². The summed E-state index contributed by atoms with van der Waals surface area (Å²) in [6.07, 6.45) is 3.43. The number of hydrogen-bond donors (Lipinski definition) is 0. The Bertz CT molecular complexity index is 120. The Kier molecular flexibility index (Phi) is 2.00. The number of hydrogen-bond acceptors (Lipinski definition) is 3. The fraction of sp³-hybridized carbons (Fsp3) is 0.250. The lowest BCUT2D eigenvalue weighted by atomic mass is 10.5. The third-order valence-corrected chi connectivity index (χ3v) is 1.27. The molecule has 0 amide bonds. The van der Waals surface area contributed by atoms with Crippen LogP contribution in [-0.2, 0) is 14.4 Å². The molecule has 0 spiro atoms. The molecule has 0 bridgehead atoms. The quantitative estimate of drug-likeness (QED) is 0.364. The SMILES string of the molecule is O=C1CC=COOP1. The van der Waals surface area contributed by atoms with Gasteiger partial charge in [0.2, 0.25) is 0 Å². The minimum atomic E-state index is -0.155. The fourth-order valence-electron chi connectivity index (χ4n) is 0.334. The van der Waals surface area contributed by atoms with Gasteiger partial charge in [0, 0.05) is 6.42 Å². The lowest BCUT2D eigenvalue weighted by molar-refractivity contribution is -0.138. The third-order valence-electron chi connectivity index (χ3n) is 0.659. The Morgan fingerprint density at radius 1 is 1.75 bits per heavy atom. The topological polar surface area (TPSA) is 35.5 Å². The maximum Gasteiger partial charge on any atom is 0.186 e. The van der Waals surface area contributed by atoms with Gasteiger partial charge in [0.15, 0.2) is 5.52 Å². The minimum absolute atomic E-state index is 0.0683. The van der Waals surface area contributed by atoms with Crippen molar-refractivity contribution in [3.8, 4) is 0 Å². The van der Waals surface area contributed by atoms with Gasteiger partial charge >= 0.3 is 0 Å². The van der Waals surface area contributed by atoms with Gasteiger partial charge < -0.3 is 4.89 Å². The second-order valence-corrected chi connectivity index (χ2v) is 2.21. The smallest absolute Gasteiger partial charge is 0.186 e. The van der Waals surface area contributed by atoms with Gasteiger partial charge in [0.25, 0.3) is 0 Å². The molecule has 4 heteroatoms. The molecule has 1 rings (SSSR count). The van der Waals surface area contributed by atoms with Crippen LogP contribution in [0.25, 0.3) is 0 Å². The van der Waals surface area contributed by atoms with Crippen LogP contribution < -0.4 is 0 Å². The van der Waals surface area contributed by atoms with E-state index in [0.29, 0.717) is 6.42 Å². The maximum absolute atomic E-state index is 10.4. The average molecular weight is 132 g/mol. The summed E-state index contributed by atoms with van der Waals surface area (Å²) in [6.45, 7) is 0. The van der Waals surface area contributed by atoms with Crippen molar-refractivity contribution in [1.29, 1.82) is 0 Å². The van der Waals surface area contributed by atoms with Crippen molar-refractivity contribution in [2.45, 2.75) is 6.42 Å². The van der Waals surface area contributed by atoms with Crippen LogP contribution in [0.5, 0.6) is 0 Å². The normalized spacial score (nSPS) is 22.8. The van der Waals surface area contributed by atoms with E-state index >= 15 is 0 Å². The highest BCUT2D eigenvalue weighted by Gasteiger charge is 2.02. The van der Waals surface area contributed by atoms with Gasteiger partial charge in [-0.05, 0) is 6.08 Å². The molecule has 3 nitrogen and oxygen atoms in total. The second kappa shape index (κ2) is 2.80.